The summed E-state index contributed by atoms with van der Waals surface area (Å²) >= 11 is 7.20. The molecule has 10 saturated heterocycles. The summed E-state index contributed by atoms with van der Waals surface area (Å²) in [5, 5.41) is 3.15. The van der Waals surface area contributed by atoms with Gasteiger partial charge in [-0.1, -0.05) is 0 Å². The van der Waals surface area contributed by atoms with Crippen molar-refractivity contribution in [3.63, 3.8) is 0 Å². The van der Waals surface area contributed by atoms with E-state index in [1.54, 1.807) is 10.6 Å². The number of quaternary nitrogens is 1. The van der Waals surface area contributed by atoms with E-state index in [4.69, 9.17) is 11.8 Å². The number of halogens is 4. The Bertz CT molecular complexity index is 1710. The number of hydrogen-bond donors (Lipinski definition) is 1. The second-order valence-electron chi connectivity index (χ2n) is 14.5. The van der Waals surface area contributed by atoms with Crippen molar-refractivity contribution >= 4 is 35.7 Å². The van der Waals surface area contributed by atoms with E-state index in [1.807, 2.05) is 4.90 Å². The Morgan fingerprint density at radius 1 is 0.758 bits per heavy atom. The molecule has 0 aromatic heterocycles. The summed E-state index contributed by atoms with van der Waals surface area (Å²) in [6, 6.07) is 21.5. The summed E-state index contributed by atoms with van der Waals surface area (Å²) in [5.74, 6) is 0. The summed E-state index contributed by atoms with van der Waals surface area (Å²) in [6.45, 7) is -3.57. The zero-order chi connectivity index (χ0) is 22.7. The van der Waals surface area contributed by atoms with Crippen LogP contribution in [0.3, 0.4) is 0 Å². The van der Waals surface area contributed by atoms with E-state index in [1.165, 1.54) is 38.5 Å². The molecule has 10 fully saturated rings. The van der Waals surface area contributed by atoms with Crippen molar-refractivity contribution in [1.29, 1.82) is 0 Å². The van der Waals surface area contributed by atoms with Crippen molar-refractivity contribution in [3.05, 3.63) is 60.7 Å². The summed E-state index contributed by atoms with van der Waals surface area (Å²) in [5.41, 5.74) is 0. The Morgan fingerprint density at radius 2 is 1.15 bits per heavy atom. The van der Waals surface area contributed by atoms with Gasteiger partial charge in [0.05, 0.1) is 0 Å². The molecule has 2 aromatic carbocycles. The van der Waals surface area contributed by atoms with E-state index in [0.29, 0.717) is 4.05 Å². The summed E-state index contributed by atoms with van der Waals surface area (Å²) in [4.78, 5) is 12.2. The quantitative estimate of drug-likeness (QED) is 0.338. The largest absolute Gasteiger partial charge is 0.673 e. The first-order valence-electron chi connectivity index (χ1n) is 11.9. The molecular formula is C24H25BF4FeNPS. The molecule has 5 atom stereocenters. The average molecular weight is 533 g/mol. The van der Waals surface area contributed by atoms with Crippen LogP contribution in [0.15, 0.2) is 60.7 Å². The molecule has 9 heteroatoms. The van der Waals surface area contributed by atoms with Gasteiger partial charge in [-0.2, -0.15) is 0 Å². The van der Waals surface area contributed by atoms with Gasteiger partial charge >= 0.3 is 169 Å². The van der Waals surface area contributed by atoms with Crippen LogP contribution in [0, 0.1) is 0 Å². The standard InChI is InChI=1S/C19H20NPS.C5H5.BF4.Fe/c1-20(2)18-14-9-15-19(18)21(22,16-10-5-3-6-11-16)17-12-7-4-8-13-17;1-2-4-5-3-1;2-1(3,4)5;/h3-15,20H,1-2H3;1-5H;;/q+1;;-1;. The number of nitrogens with one attached hydrogen (secondary N) is 1. The van der Waals surface area contributed by atoms with Crippen LogP contribution >= 0.6 is 6.04 Å². The van der Waals surface area contributed by atoms with Gasteiger partial charge < -0.3 is 17.3 Å². The molecule has 10 aliphatic heterocycles. The monoisotopic (exact) mass is 533 g/mol. The van der Waals surface area contributed by atoms with Crippen LogP contribution in [0.2, 0.25) is 38.5 Å². The van der Waals surface area contributed by atoms with Gasteiger partial charge in [-0.15, -0.1) is 0 Å². The van der Waals surface area contributed by atoms with Crippen LogP contribution in [-0.4, -0.2) is 29.8 Å². The van der Waals surface area contributed by atoms with E-state index >= 15 is 0 Å². The minimum Gasteiger partial charge on any atom is -0.418 e. The molecule has 1 N–H and O–H groups in total. The minimum absolute atomic E-state index is 0.663. The van der Waals surface area contributed by atoms with Crippen LogP contribution in [0.5, 0.6) is 0 Å². The van der Waals surface area contributed by atoms with Crippen LogP contribution in [0.4, 0.5) is 17.3 Å². The van der Waals surface area contributed by atoms with E-state index in [0.717, 1.165) is 4.44 Å². The van der Waals surface area contributed by atoms with Gasteiger partial charge in [-0.25, -0.2) is 0 Å². The van der Waals surface area contributed by atoms with Crippen LogP contribution < -0.4 is 15.5 Å². The summed E-state index contributed by atoms with van der Waals surface area (Å²) in [7, 11) is -0.864. The predicted molar refractivity (Wildman–Crippen MR) is 125 cm³/mol. The number of rotatable bonds is 4. The molecule has 1 nitrogen and oxygen atoms in total. The maximum absolute atomic E-state index is 9.75. The predicted octanol–water partition coefficient (Wildman–Crippen LogP) is 4.77. The molecule has 0 bridgehead atoms. The van der Waals surface area contributed by atoms with Crippen molar-refractivity contribution < 1.29 is 28.7 Å². The molecule has 0 amide bonds. The third-order valence-electron chi connectivity index (χ3n) is 18.2. The first-order chi connectivity index (χ1) is 15.3. The van der Waals surface area contributed by atoms with E-state index in [2.05, 4.69) is 74.8 Å². The summed E-state index contributed by atoms with van der Waals surface area (Å²) in [6.07, 6.45) is 0. The third-order valence-corrected chi connectivity index (χ3v) is 71.8. The summed E-state index contributed by atoms with van der Waals surface area (Å²) < 4.78 is 40.4. The molecule has 2 aromatic rings. The van der Waals surface area contributed by atoms with Gasteiger partial charge in [0.25, 0.3) is 0 Å². The molecule has 0 radical (unpaired) electrons. The van der Waals surface area contributed by atoms with Gasteiger partial charge in [0, 0.05) is 0 Å². The van der Waals surface area contributed by atoms with E-state index in [-0.39, 0.29) is 0 Å². The van der Waals surface area contributed by atoms with Crippen LogP contribution in [0.1, 0.15) is 0 Å². The Hall–Kier alpha value is -0.646. The first-order valence-corrected chi connectivity index (χ1v) is 21.0. The molecule has 0 aliphatic carbocycles. The zero-order valence-corrected chi connectivity index (χ0v) is 21.0. The fourth-order valence-corrected chi connectivity index (χ4v) is 121. The van der Waals surface area contributed by atoms with Crippen molar-refractivity contribution in [3.8, 4) is 0 Å². The fourth-order valence-electron chi connectivity index (χ4n) is 20.6. The Balaban J connectivity index is 0.000000285. The third kappa shape index (κ3) is 0.372. The van der Waals surface area contributed by atoms with Crippen molar-refractivity contribution in [2.75, 3.05) is 14.1 Å². The van der Waals surface area contributed by atoms with E-state index < -0.39 is 19.8 Å². The Kier molecular flexibility index (Phi) is 1.25. The van der Waals surface area contributed by atoms with Gasteiger partial charge in [0.2, 0.25) is 0 Å². The number of benzene rings is 2. The van der Waals surface area contributed by atoms with Crippen molar-refractivity contribution in [2.24, 2.45) is 0 Å². The first kappa shape index (κ1) is 17.7. The smallest absolute Gasteiger partial charge is 0.418 e. The second kappa shape index (κ2) is 2.33. The topological polar surface area (TPSA) is 4.44 Å². The fraction of sp³-hybridized carbons (Fsp3) is 0.500. The second-order valence-corrected chi connectivity index (χ2v) is 42.7. The van der Waals surface area contributed by atoms with Crippen LogP contribution in [-0.2, 0) is 18.3 Å². The molecule has 10 heterocycles. The molecule has 1 spiro atoms. The minimum atomic E-state index is -6.00. The van der Waals surface area contributed by atoms with Crippen molar-refractivity contribution in [1.82, 2.24) is 0 Å². The Labute approximate surface area is 185 Å². The molecule has 10 aliphatic rings. The maximum atomic E-state index is 9.75. The van der Waals surface area contributed by atoms with E-state index in [9.17, 15) is 17.3 Å². The Morgan fingerprint density at radius 3 is 1.42 bits per heavy atom. The molecule has 12 rings (SSSR count). The van der Waals surface area contributed by atoms with Gasteiger partial charge in [-0.3, -0.25) is 0 Å². The van der Waals surface area contributed by atoms with Gasteiger partial charge in [-0.05, 0) is 0 Å². The molecule has 5 unspecified atom stereocenters. The SMILES string of the molecule is C[NH+](C)[C]12[CH]3[CH]4[CH]5[C]1(P(=S)(c1ccccc1)c1ccccc1)[Fe]43521678[CH]2[CH]1[CH]6[CH]7[CH]28.F[B-](F)(F)F. The molecule has 0 saturated carbocycles. The van der Waals surface area contributed by atoms with Gasteiger partial charge in [0.1, 0.15) is 0 Å². The van der Waals surface area contributed by atoms with Crippen LogP contribution in [0.25, 0.3) is 0 Å². The number of fused-ring (bicyclic) bond motifs is 10. The normalized spacial score (nSPS) is 69.9. The van der Waals surface area contributed by atoms with Crippen molar-refractivity contribution in [2.45, 2.75) is 47.0 Å². The molecule has 176 valence electrons. The molecular weight excluding hydrogens is 508 g/mol. The molecule has 33 heavy (non-hydrogen) atoms. The average Bonchev–Trinajstić information content (AvgIpc) is 3.72. The number of hydrogen-bond acceptors (Lipinski definition) is 1. The zero-order valence-electron chi connectivity index (χ0n) is 18.2. The van der Waals surface area contributed by atoms with Gasteiger partial charge in [0.15, 0.2) is 0 Å². The maximum Gasteiger partial charge on any atom is 0.673 e.